The zero-order valence-electron chi connectivity index (χ0n) is 9.40. The Morgan fingerprint density at radius 1 is 1.53 bits per heavy atom. The first-order valence-corrected chi connectivity index (χ1v) is 5.98. The van der Waals surface area contributed by atoms with Gasteiger partial charge in [0.15, 0.2) is 0 Å². The monoisotopic (exact) mass is 254 g/mol. The molecular formula is C12H15ClN2O2. The predicted octanol–water partition coefficient (Wildman–Crippen LogP) is 1.45. The van der Waals surface area contributed by atoms with Gasteiger partial charge >= 0.3 is 5.97 Å². The van der Waals surface area contributed by atoms with Crippen molar-refractivity contribution in [3.63, 3.8) is 0 Å². The average Bonchev–Trinajstić information content (AvgIpc) is 2.54. The molecule has 1 aliphatic heterocycles. The van der Waals surface area contributed by atoms with Gasteiger partial charge in [0, 0.05) is 36.9 Å². The van der Waals surface area contributed by atoms with Gasteiger partial charge < -0.3 is 15.3 Å². The summed E-state index contributed by atoms with van der Waals surface area (Å²) in [6.45, 7) is 2.62. The van der Waals surface area contributed by atoms with Crippen molar-refractivity contribution in [3.8, 4) is 0 Å². The Labute approximate surface area is 105 Å². The van der Waals surface area contributed by atoms with Gasteiger partial charge in [-0.1, -0.05) is 17.7 Å². The third-order valence-electron chi connectivity index (χ3n) is 2.91. The zero-order valence-corrected chi connectivity index (χ0v) is 10.2. The van der Waals surface area contributed by atoms with Crippen LogP contribution < -0.4 is 10.2 Å². The Morgan fingerprint density at radius 3 is 3.06 bits per heavy atom. The van der Waals surface area contributed by atoms with Gasteiger partial charge in [0.05, 0.1) is 5.92 Å². The summed E-state index contributed by atoms with van der Waals surface area (Å²) in [7, 11) is 0. The highest BCUT2D eigenvalue weighted by Gasteiger charge is 2.23. The molecule has 4 nitrogen and oxygen atoms in total. The van der Waals surface area contributed by atoms with Gasteiger partial charge in [-0.15, -0.1) is 0 Å². The van der Waals surface area contributed by atoms with Crippen LogP contribution in [-0.4, -0.2) is 37.3 Å². The van der Waals surface area contributed by atoms with Crippen LogP contribution in [0.15, 0.2) is 24.3 Å². The summed E-state index contributed by atoms with van der Waals surface area (Å²) < 4.78 is 0. The van der Waals surface area contributed by atoms with Crippen LogP contribution in [0, 0.1) is 5.92 Å². The molecule has 1 aromatic carbocycles. The minimum Gasteiger partial charge on any atom is -0.481 e. The number of nitrogens with zero attached hydrogens (tertiary/aromatic N) is 1. The maximum absolute atomic E-state index is 11.1. The highest BCUT2D eigenvalue weighted by molar-refractivity contribution is 6.30. The van der Waals surface area contributed by atoms with E-state index in [9.17, 15) is 4.79 Å². The Kier molecular flexibility index (Phi) is 3.86. The molecule has 0 bridgehead atoms. The van der Waals surface area contributed by atoms with Crippen molar-refractivity contribution in [1.82, 2.24) is 5.32 Å². The van der Waals surface area contributed by atoms with E-state index in [1.807, 2.05) is 24.3 Å². The van der Waals surface area contributed by atoms with Crippen molar-refractivity contribution in [2.45, 2.75) is 0 Å². The molecule has 0 saturated carbocycles. The van der Waals surface area contributed by atoms with E-state index < -0.39 is 5.97 Å². The van der Waals surface area contributed by atoms with Crippen LogP contribution in [0.25, 0.3) is 0 Å². The van der Waals surface area contributed by atoms with E-state index in [0.717, 1.165) is 18.8 Å². The molecule has 5 heteroatoms. The summed E-state index contributed by atoms with van der Waals surface area (Å²) in [6.07, 6.45) is 0. The van der Waals surface area contributed by atoms with Crippen molar-refractivity contribution in [3.05, 3.63) is 29.3 Å². The summed E-state index contributed by atoms with van der Waals surface area (Å²) in [6, 6.07) is 7.52. The molecule has 2 N–H and O–H groups in total. The number of hydrogen-bond acceptors (Lipinski definition) is 3. The van der Waals surface area contributed by atoms with E-state index in [1.165, 1.54) is 0 Å². The van der Waals surface area contributed by atoms with Crippen molar-refractivity contribution in [2.75, 3.05) is 31.1 Å². The molecular weight excluding hydrogens is 240 g/mol. The van der Waals surface area contributed by atoms with Crippen molar-refractivity contribution >= 4 is 23.3 Å². The molecule has 1 heterocycles. The average molecular weight is 255 g/mol. The maximum atomic E-state index is 11.1. The predicted molar refractivity (Wildman–Crippen MR) is 67.7 cm³/mol. The number of halogens is 1. The van der Waals surface area contributed by atoms with Crippen molar-refractivity contribution < 1.29 is 9.90 Å². The van der Waals surface area contributed by atoms with Crippen molar-refractivity contribution in [2.24, 2.45) is 5.92 Å². The summed E-state index contributed by atoms with van der Waals surface area (Å²) in [5, 5.41) is 12.9. The standard InChI is InChI=1S/C12H15ClN2O2/c13-10-2-1-3-11(6-10)15-5-4-14-7-9(8-15)12(16)17/h1-3,6,9,14H,4-5,7-8H2,(H,16,17). The number of rotatable bonds is 2. The first kappa shape index (κ1) is 12.2. The van der Waals surface area contributed by atoms with Crippen LogP contribution >= 0.6 is 11.6 Å². The number of nitrogens with one attached hydrogen (secondary N) is 1. The molecule has 0 spiro atoms. The second kappa shape index (κ2) is 5.38. The Hall–Kier alpha value is -1.26. The van der Waals surface area contributed by atoms with Gasteiger partial charge in [-0.2, -0.15) is 0 Å². The Bertz CT molecular complexity index is 411. The van der Waals surface area contributed by atoms with Gasteiger partial charge in [-0.05, 0) is 18.2 Å². The fourth-order valence-corrected chi connectivity index (χ4v) is 2.17. The molecule has 0 amide bonds. The minimum atomic E-state index is -0.758. The molecule has 1 saturated heterocycles. The highest BCUT2D eigenvalue weighted by Crippen LogP contribution is 2.21. The number of benzene rings is 1. The molecule has 92 valence electrons. The number of carboxylic acid groups (broad SMARTS) is 1. The van der Waals surface area contributed by atoms with E-state index in [4.69, 9.17) is 16.7 Å². The smallest absolute Gasteiger partial charge is 0.309 e. The van der Waals surface area contributed by atoms with Gasteiger partial charge in [0.2, 0.25) is 0 Å². The third-order valence-corrected chi connectivity index (χ3v) is 3.15. The van der Waals surface area contributed by atoms with E-state index in [0.29, 0.717) is 18.1 Å². The van der Waals surface area contributed by atoms with Crippen LogP contribution in [0.2, 0.25) is 5.02 Å². The molecule has 0 aromatic heterocycles. The first-order chi connectivity index (χ1) is 8.16. The van der Waals surface area contributed by atoms with E-state index in [2.05, 4.69) is 10.2 Å². The van der Waals surface area contributed by atoms with Crippen LogP contribution in [-0.2, 0) is 4.79 Å². The molecule has 1 atom stereocenters. The van der Waals surface area contributed by atoms with E-state index in [-0.39, 0.29) is 5.92 Å². The normalized spacial score (nSPS) is 21.0. The number of aliphatic carboxylic acids is 1. The molecule has 17 heavy (non-hydrogen) atoms. The largest absolute Gasteiger partial charge is 0.481 e. The first-order valence-electron chi connectivity index (χ1n) is 5.61. The lowest BCUT2D eigenvalue weighted by Crippen LogP contribution is -2.33. The molecule has 1 fully saturated rings. The van der Waals surface area contributed by atoms with Gasteiger partial charge in [0.1, 0.15) is 0 Å². The number of carboxylic acids is 1. The molecule has 0 radical (unpaired) electrons. The maximum Gasteiger partial charge on any atom is 0.309 e. The second-order valence-corrected chi connectivity index (χ2v) is 4.60. The summed E-state index contributed by atoms with van der Waals surface area (Å²) in [5.74, 6) is -1.14. The molecule has 1 aromatic rings. The Morgan fingerprint density at radius 2 is 2.35 bits per heavy atom. The van der Waals surface area contributed by atoms with Crippen molar-refractivity contribution in [1.29, 1.82) is 0 Å². The number of hydrogen-bond donors (Lipinski definition) is 2. The quantitative estimate of drug-likeness (QED) is 0.839. The fraction of sp³-hybridized carbons (Fsp3) is 0.417. The zero-order chi connectivity index (χ0) is 12.3. The Balaban J connectivity index is 2.16. The summed E-state index contributed by atoms with van der Waals surface area (Å²) in [4.78, 5) is 13.1. The lowest BCUT2D eigenvalue weighted by molar-refractivity contribution is -0.141. The van der Waals surface area contributed by atoms with Crippen LogP contribution in [0.4, 0.5) is 5.69 Å². The van der Waals surface area contributed by atoms with E-state index >= 15 is 0 Å². The lowest BCUT2D eigenvalue weighted by Gasteiger charge is -2.24. The molecule has 1 aliphatic rings. The van der Waals surface area contributed by atoms with Crippen LogP contribution in [0.1, 0.15) is 0 Å². The minimum absolute atomic E-state index is 0.378. The lowest BCUT2D eigenvalue weighted by atomic mass is 10.1. The van der Waals surface area contributed by atoms with E-state index in [1.54, 1.807) is 0 Å². The SMILES string of the molecule is O=C(O)C1CNCCN(c2cccc(Cl)c2)C1. The van der Waals surface area contributed by atoms with Crippen LogP contribution in [0.5, 0.6) is 0 Å². The molecule has 2 rings (SSSR count). The molecule has 1 unspecified atom stereocenters. The number of anilines is 1. The summed E-state index contributed by atoms with van der Waals surface area (Å²) in [5.41, 5.74) is 0.979. The second-order valence-electron chi connectivity index (χ2n) is 4.17. The van der Waals surface area contributed by atoms with Gasteiger partial charge in [-0.3, -0.25) is 4.79 Å². The van der Waals surface area contributed by atoms with Gasteiger partial charge in [-0.25, -0.2) is 0 Å². The third kappa shape index (κ3) is 3.11. The fourth-order valence-electron chi connectivity index (χ4n) is 1.98. The van der Waals surface area contributed by atoms with Crippen LogP contribution in [0.3, 0.4) is 0 Å². The van der Waals surface area contributed by atoms with Gasteiger partial charge in [0.25, 0.3) is 0 Å². The highest BCUT2D eigenvalue weighted by atomic mass is 35.5. The topological polar surface area (TPSA) is 52.6 Å². The summed E-state index contributed by atoms with van der Waals surface area (Å²) >= 11 is 5.95. The molecule has 0 aliphatic carbocycles. The number of carbonyl (C=O) groups is 1.